The van der Waals surface area contributed by atoms with Gasteiger partial charge in [0.15, 0.2) is 0 Å². The number of hydrogen-bond donors (Lipinski definition) is 2. The molecule has 2 N–H and O–H groups in total. The van der Waals surface area contributed by atoms with Crippen LogP contribution in [0.3, 0.4) is 0 Å². The molecule has 0 aliphatic carbocycles. The van der Waals surface area contributed by atoms with Gasteiger partial charge in [0.05, 0.1) is 23.1 Å². The fraction of sp³-hybridized carbons (Fsp3) is 0.158. The number of non-ortho nitro benzene ring substituents is 1. The van der Waals surface area contributed by atoms with Crippen LogP contribution >= 0.6 is 0 Å². The second kappa shape index (κ2) is 7.38. The summed E-state index contributed by atoms with van der Waals surface area (Å²) < 4.78 is 0. The maximum atomic E-state index is 12.6. The van der Waals surface area contributed by atoms with E-state index in [1.54, 1.807) is 30.3 Å². The van der Waals surface area contributed by atoms with Gasteiger partial charge in [0, 0.05) is 24.2 Å². The van der Waals surface area contributed by atoms with Crippen LogP contribution in [0.15, 0.2) is 60.2 Å². The number of amides is 1. The smallest absolute Gasteiger partial charge is 0.295 e. The summed E-state index contributed by atoms with van der Waals surface area (Å²) in [6.07, 6.45) is 0. The zero-order valence-corrected chi connectivity index (χ0v) is 14.1. The molecule has 2 aromatic carbocycles. The van der Waals surface area contributed by atoms with E-state index < -0.39 is 29.3 Å². The van der Waals surface area contributed by atoms with Gasteiger partial charge in [-0.05, 0) is 5.56 Å². The molecule has 8 nitrogen and oxygen atoms in total. The third-order valence-corrected chi connectivity index (χ3v) is 4.32. The third-order valence-electron chi connectivity index (χ3n) is 4.32. The van der Waals surface area contributed by atoms with Crippen LogP contribution in [0.2, 0.25) is 0 Å². The zero-order valence-electron chi connectivity index (χ0n) is 14.1. The van der Waals surface area contributed by atoms with E-state index in [-0.39, 0.29) is 23.6 Å². The topological polar surface area (TPSA) is 121 Å². The average molecular weight is 368 g/mol. The number of likely N-dealkylation sites (tertiary alicyclic amines) is 1. The number of hydrogen-bond acceptors (Lipinski definition) is 6. The van der Waals surface area contributed by atoms with Crippen molar-refractivity contribution in [2.75, 3.05) is 13.2 Å². The van der Waals surface area contributed by atoms with Crippen molar-refractivity contribution >= 4 is 23.1 Å². The first-order valence-electron chi connectivity index (χ1n) is 8.14. The molecule has 1 fully saturated rings. The predicted octanol–water partition coefficient (Wildman–Crippen LogP) is 2.01. The first kappa shape index (κ1) is 18.3. The fourth-order valence-corrected chi connectivity index (χ4v) is 3.12. The highest BCUT2D eigenvalue weighted by Gasteiger charge is 2.46. The Labute approximate surface area is 154 Å². The van der Waals surface area contributed by atoms with Gasteiger partial charge in [-0.15, -0.1) is 0 Å². The maximum Gasteiger partial charge on any atom is 0.295 e. The number of nitrogens with zero attached hydrogens (tertiary/aromatic N) is 2. The van der Waals surface area contributed by atoms with Gasteiger partial charge in [0.1, 0.15) is 5.76 Å². The maximum absolute atomic E-state index is 12.6. The third kappa shape index (κ3) is 3.30. The van der Waals surface area contributed by atoms with Crippen molar-refractivity contribution in [2.24, 2.45) is 0 Å². The van der Waals surface area contributed by atoms with Gasteiger partial charge < -0.3 is 15.1 Å². The summed E-state index contributed by atoms with van der Waals surface area (Å²) in [6, 6.07) is 12.7. The highest BCUT2D eigenvalue weighted by atomic mass is 16.6. The van der Waals surface area contributed by atoms with E-state index in [0.717, 1.165) is 4.90 Å². The number of nitro groups is 1. The van der Waals surface area contributed by atoms with Crippen LogP contribution in [0, 0.1) is 10.1 Å². The molecule has 3 rings (SSSR count). The molecule has 1 aliphatic heterocycles. The summed E-state index contributed by atoms with van der Waals surface area (Å²) >= 11 is 0. The fourth-order valence-electron chi connectivity index (χ4n) is 3.12. The normalized spacial score (nSPS) is 18.7. The predicted molar refractivity (Wildman–Crippen MR) is 95.6 cm³/mol. The molecule has 0 saturated carbocycles. The van der Waals surface area contributed by atoms with E-state index in [1.807, 2.05) is 0 Å². The van der Waals surface area contributed by atoms with Gasteiger partial charge in [-0.25, -0.2) is 0 Å². The van der Waals surface area contributed by atoms with Gasteiger partial charge in [0.25, 0.3) is 17.4 Å². The highest BCUT2D eigenvalue weighted by molar-refractivity contribution is 6.46. The van der Waals surface area contributed by atoms with E-state index in [2.05, 4.69) is 0 Å². The second-order valence-electron chi connectivity index (χ2n) is 5.93. The number of aliphatic hydroxyl groups is 2. The number of nitro benzene ring substituents is 1. The standard InChI is InChI=1S/C19H16N2O6/c22-10-9-20-16(13-7-4-8-14(11-13)21(26)27)15(18(24)19(20)25)17(23)12-5-2-1-3-6-12/h1-8,11,16,22-23H,9-10H2/b17-15-. The summed E-state index contributed by atoms with van der Waals surface area (Å²) in [4.78, 5) is 36.6. The first-order chi connectivity index (χ1) is 13.0. The summed E-state index contributed by atoms with van der Waals surface area (Å²) in [5.74, 6) is -2.15. The lowest BCUT2D eigenvalue weighted by atomic mass is 9.95. The number of ketones is 1. The summed E-state index contributed by atoms with van der Waals surface area (Å²) in [5.41, 5.74) is 0.270. The van der Waals surface area contributed by atoms with Crippen molar-refractivity contribution in [3.8, 4) is 0 Å². The molecule has 1 heterocycles. The van der Waals surface area contributed by atoms with E-state index in [4.69, 9.17) is 0 Å². The summed E-state index contributed by atoms with van der Waals surface area (Å²) in [6.45, 7) is -0.548. The highest BCUT2D eigenvalue weighted by Crippen LogP contribution is 2.39. The molecule has 0 spiro atoms. The Hall–Kier alpha value is -3.52. The molecule has 0 radical (unpaired) electrons. The van der Waals surface area contributed by atoms with Crippen LogP contribution in [0.25, 0.3) is 5.76 Å². The van der Waals surface area contributed by atoms with Crippen LogP contribution in [-0.4, -0.2) is 44.9 Å². The van der Waals surface area contributed by atoms with Crippen molar-refractivity contribution in [3.63, 3.8) is 0 Å². The quantitative estimate of drug-likeness (QED) is 0.274. The van der Waals surface area contributed by atoms with Crippen LogP contribution in [0.1, 0.15) is 17.2 Å². The molecule has 138 valence electrons. The molecular formula is C19H16N2O6. The van der Waals surface area contributed by atoms with Crippen LogP contribution in [-0.2, 0) is 9.59 Å². The van der Waals surface area contributed by atoms with Gasteiger partial charge in [-0.1, -0.05) is 42.5 Å². The molecule has 2 aromatic rings. The molecule has 1 amide bonds. The Kier molecular flexibility index (Phi) is 5.00. The minimum absolute atomic E-state index is 0.149. The molecule has 8 heteroatoms. The Bertz CT molecular complexity index is 938. The lowest BCUT2D eigenvalue weighted by molar-refractivity contribution is -0.384. The number of Topliss-reactive ketones (excluding diaryl/α,β-unsaturated/α-hetero) is 1. The van der Waals surface area contributed by atoms with E-state index in [1.165, 1.54) is 24.3 Å². The van der Waals surface area contributed by atoms with Crippen molar-refractivity contribution in [3.05, 3.63) is 81.4 Å². The Morgan fingerprint density at radius 3 is 2.44 bits per heavy atom. The molecule has 1 aliphatic rings. The number of benzene rings is 2. The molecule has 1 unspecified atom stereocenters. The molecular weight excluding hydrogens is 352 g/mol. The first-order valence-corrected chi connectivity index (χ1v) is 8.14. The van der Waals surface area contributed by atoms with E-state index >= 15 is 0 Å². The molecule has 0 aromatic heterocycles. The Balaban J connectivity index is 2.21. The van der Waals surface area contributed by atoms with E-state index in [0.29, 0.717) is 11.1 Å². The SMILES string of the molecule is O=C1C(=O)N(CCO)C(c2cccc([N+](=O)[O-])c2)/C1=C(/O)c1ccccc1. The molecule has 0 bridgehead atoms. The number of aliphatic hydroxyl groups excluding tert-OH is 2. The lowest BCUT2D eigenvalue weighted by Crippen LogP contribution is -2.32. The summed E-state index contributed by atoms with van der Waals surface area (Å²) in [5, 5.41) is 31.1. The molecule has 1 saturated heterocycles. The molecule has 1 atom stereocenters. The Morgan fingerprint density at radius 1 is 1.11 bits per heavy atom. The Morgan fingerprint density at radius 2 is 1.81 bits per heavy atom. The second-order valence-corrected chi connectivity index (χ2v) is 5.93. The van der Waals surface area contributed by atoms with E-state index in [9.17, 15) is 29.9 Å². The average Bonchev–Trinajstić information content (AvgIpc) is 2.93. The number of rotatable bonds is 5. The van der Waals surface area contributed by atoms with Crippen LogP contribution in [0.4, 0.5) is 5.69 Å². The summed E-state index contributed by atoms with van der Waals surface area (Å²) in [7, 11) is 0. The van der Waals surface area contributed by atoms with Crippen molar-refractivity contribution < 1.29 is 24.7 Å². The minimum Gasteiger partial charge on any atom is -0.507 e. The van der Waals surface area contributed by atoms with Crippen LogP contribution < -0.4 is 0 Å². The van der Waals surface area contributed by atoms with Gasteiger partial charge in [-0.2, -0.15) is 0 Å². The van der Waals surface area contributed by atoms with Crippen LogP contribution in [0.5, 0.6) is 0 Å². The van der Waals surface area contributed by atoms with Crippen molar-refractivity contribution in [2.45, 2.75) is 6.04 Å². The van der Waals surface area contributed by atoms with Crippen molar-refractivity contribution in [1.29, 1.82) is 0 Å². The lowest BCUT2D eigenvalue weighted by Gasteiger charge is -2.24. The van der Waals surface area contributed by atoms with Gasteiger partial charge in [0.2, 0.25) is 0 Å². The minimum atomic E-state index is -1.03. The largest absolute Gasteiger partial charge is 0.507 e. The number of carbonyl (C=O) groups is 2. The zero-order chi connectivity index (χ0) is 19.6. The molecule has 27 heavy (non-hydrogen) atoms. The number of carbonyl (C=O) groups excluding carboxylic acids is 2. The van der Waals surface area contributed by atoms with Gasteiger partial charge >= 0.3 is 0 Å². The monoisotopic (exact) mass is 368 g/mol. The van der Waals surface area contributed by atoms with Gasteiger partial charge in [-0.3, -0.25) is 19.7 Å². The number of β-amino-alcohol motifs (C(OH)–C–C–N with tert-alkyl or cyclic N) is 1. The van der Waals surface area contributed by atoms with Crippen molar-refractivity contribution in [1.82, 2.24) is 4.90 Å².